The summed E-state index contributed by atoms with van der Waals surface area (Å²) >= 11 is 0. The van der Waals surface area contributed by atoms with Crippen molar-refractivity contribution in [1.29, 1.82) is 0 Å². The Morgan fingerprint density at radius 2 is 1.75 bits per heavy atom. The molecule has 0 aliphatic rings. The number of carbonyl (C=O) groups excluding carboxylic acids is 2. The van der Waals surface area contributed by atoms with Gasteiger partial charge in [-0.25, -0.2) is 0 Å². The van der Waals surface area contributed by atoms with Crippen LogP contribution in [0.15, 0.2) is 23.8 Å². The SMILES string of the molecule is CCC=CC=C(C(N)=O)C(N)=O. The Balaban J connectivity index is 4.51. The van der Waals surface area contributed by atoms with Crippen LogP contribution >= 0.6 is 0 Å². The lowest BCUT2D eigenvalue weighted by molar-refractivity contribution is -0.120. The lowest BCUT2D eigenvalue weighted by atomic mass is 10.2. The lowest BCUT2D eigenvalue weighted by Crippen LogP contribution is -2.25. The molecule has 0 aliphatic carbocycles. The van der Waals surface area contributed by atoms with Gasteiger partial charge in [0.25, 0.3) is 11.8 Å². The third-order valence-electron chi connectivity index (χ3n) is 1.17. The molecule has 0 spiro atoms. The van der Waals surface area contributed by atoms with Crippen LogP contribution < -0.4 is 11.5 Å². The highest BCUT2D eigenvalue weighted by molar-refractivity contribution is 6.17. The summed E-state index contributed by atoms with van der Waals surface area (Å²) < 4.78 is 0. The van der Waals surface area contributed by atoms with E-state index in [0.717, 1.165) is 6.42 Å². The number of hydrogen-bond acceptors (Lipinski definition) is 2. The molecule has 12 heavy (non-hydrogen) atoms. The number of allylic oxidation sites excluding steroid dienone is 3. The van der Waals surface area contributed by atoms with Crippen molar-refractivity contribution < 1.29 is 9.59 Å². The average molecular weight is 168 g/mol. The smallest absolute Gasteiger partial charge is 0.254 e. The molecule has 0 aromatic rings. The molecular formula is C8H12N2O2. The third kappa shape index (κ3) is 3.55. The van der Waals surface area contributed by atoms with Gasteiger partial charge in [-0.15, -0.1) is 0 Å². The van der Waals surface area contributed by atoms with Gasteiger partial charge >= 0.3 is 0 Å². The van der Waals surface area contributed by atoms with Crippen LogP contribution in [0.4, 0.5) is 0 Å². The van der Waals surface area contributed by atoms with Gasteiger partial charge in [0.05, 0.1) is 0 Å². The van der Waals surface area contributed by atoms with E-state index in [4.69, 9.17) is 11.5 Å². The summed E-state index contributed by atoms with van der Waals surface area (Å²) in [5.41, 5.74) is 9.58. The zero-order chi connectivity index (χ0) is 9.56. The van der Waals surface area contributed by atoms with Crippen molar-refractivity contribution in [2.75, 3.05) is 0 Å². The van der Waals surface area contributed by atoms with Crippen LogP contribution in [-0.2, 0) is 9.59 Å². The van der Waals surface area contributed by atoms with Gasteiger partial charge in [0.2, 0.25) is 0 Å². The molecule has 0 saturated heterocycles. The van der Waals surface area contributed by atoms with E-state index in [9.17, 15) is 9.59 Å². The Labute approximate surface area is 70.9 Å². The van der Waals surface area contributed by atoms with E-state index in [2.05, 4.69) is 0 Å². The molecule has 4 N–H and O–H groups in total. The Bertz CT molecular complexity index is 225. The lowest BCUT2D eigenvalue weighted by Gasteiger charge is -1.93. The van der Waals surface area contributed by atoms with Gasteiger partial charge in [-0.05, 0) is 12.5 Å². The molecule has 0 aromatic carbocycles. The number of carbonyl (C=O) groups is 2. The molecule has 2 amide bonds. The quantitative estimate of drug-likeness (QED) is 0.265. The molecule has 0 aromatic heterocycles. The molecule has 0 saturated carbocycles. The molecule has 0 aliphatic heterocycles. The zero-order valence-corrected chi connectivity index (χ0v) is 6.91. The number of amides is 2. The summed E-state index contributed by atoms with van der Waals surface area (Å²) in [4.78, 5) is 21.1. The third-order valence-corrected chi connectivity index (χ3v) is 1.17. The molecule has 4 heteroatoms. The fraction of sp³-hybridized carbons (Fsp3) is 0.250. The minimum atomic E-state index is -0.803. The van der Waals surface area contributed by atoms with Gasteiger partial charge in [0.1, 0.15) is 5.57 Å². The zero-order valence-electron chi connectivity index (χ0n) is 6.91. The predicted molar refractivity (Wildman–Crippen MR) is 45.9 cm³/mol. The molecule has 4 nitrogen and oxygen atoms in total. The van der Waals surface area contributed by atoms with E-state index in [1.54, 1.807) is 12.2 Å². The van der Waals surface area contributed by atoms with Crippen molar-refractivity contribution >= 4 is 11.8 Å². The van der Waals surface area contributed by atoms with Gasteiger partial charge < -0.3 is 11.5 Å². The van der Waals surface area contributed by atoms with Crippen LogP contribution in [0.2, 0.25) is 0 Å². The second-order valence-corrected chi connectivity index (χ2v) is 2.15. The van der Waals surface area contributed by atoms with Crippen molar-refractivity contribution in [3.63, 3.8) is 0 Å². The van der Waals surface area contributed by atoms with Crippen molar-refractivity contribution in [2.24, 2.45) is 11.5 Å². The maximum atomic E-state index is 10.6. The molecule has 0 bridgehead atoms. The van der Waals surface area contributed by atoms with Crippen LogP contribution in [0.1, 0.15) is 13.3 Å². The van der Waals surface area contributed by atoms with E-state index < -0.39 is 11.8 Å². The van der Waals surface area contributed by atoms with E-state index in [-0.39, 0.29) is 5.57 Å². The highest BCUT2D eigenvalue weighted by Gasteiger charge is 2.08. The van der Waals surface area contributed by atoms with Gasteiger partial charge in [-0.2, -0.15) is 0 Å². The van der Waals surface area contributed by atoms with Gasteiger partial charge in [-0.1, -0.05) is 19.1 Å². The number of nitrogens with two attached hydrogens (primary N) is 2. The summed E-state index contributed by atoms with van der Waals surface area (Å²) in [6.07, 6.45) is 5.49. The van der Waals surface area contributed by atoms with Crippen molar-refractivity contribution in [3.8, 4) is 0 Å². The maximum Gasteiger partial charge on any atom is 0.254 e. The molecule has 0 fully saturated rings. The summed E-state index contributed by atoms with van der Waals surface area (Å²) in [6.45, 7) is 1.93. The largest absolute Gasteiger partial charge is 0.365 e. The van der Waals surface area contributed by atoms with Crippen LogP contribution in [0.5, 0.6) is 0 Å². The van der Waals surface area contributed by atoms with E-state index >= 15 is 0 Å². The molecule has 0 radical (unpaired) electrons. The van der Waals surface area contributed by atoms with Crippen LogP contribution in [0.3, 0.4) is 0 Å². The minimum Gasteiger partial charge on any atom is -0.365 e. The highest BCUT2D eigenvalue weighted by atomic mass is 16.2. The number of primary amides is 2. The highest BCUT2D eigenvalue weighted by Crippen LogP contribution is 1.92. The number of rotatable bonds is 4. The Morgan fingerprint density at radius 3 is 2.08 bits per heavy atom. The van der Waals surface area contributed by atoms with E-state index in [0.29, 0.717) is 0 Å². The van der Waals surface area contributed by atoms with Crippen molar-refractivity contribution in [3.05, 3.63) is 23.8 Å². The van der Waals surface area contributed by atoms with Crippen LogP contribution in [-0.4, -0.2) is 11.8 Å². The van der Waals surface area contributed by atoms with Crippen LogP contribution in [0.25, 0.3) is 0 Å². The molecule has 0 unspecified atom stereocenters. The van der Waals surface area contributed by atoms with Crippen LogP contribution in [0, 0.1) is 0 Å². The monoisotopic (exact) mass is 168 g/mol. The van der Waals surface area contributed by atoms with Gasteiger partial charge in [0, 0.05) is 0 Å². The second kappa shape index (κ2) is 5.12. The van der Waals surface area contributed by atoms with E-state index in [1.807, 2.05) is 6.92 Å². The Kier molecular flexibility index (Phi) is 4.45. The first-order valence-electron chi connectivity index (χ1n) is 3.56. The van der Waals surface area contributed by atoms with Crippen molar-refractivity contribution in [1.82, 2.24) is 0 Å². The average Bonchev–Trinajstić information content (AvgIpc) is 1.96. The standard InChI is InChI=1S/C8H12N2O2/c1-2-3-4-5-6(7(9)11)8(10)12/h3-5H,2H2,1H3,(H2,9,11)(H2,10,12). The summed E-state index contributed by atoms with van der Waals surface area (Å²) in [5.74, 6) is -1.61. The molecule has 0 rings (SSSR count). The Hall–Kier alpha value is -1.58. The fourth-order valence-electron chi connectivity index (χ4n) is 0.586. The fourth-order valence-corrected chi connectivity index (χ4v) is 0.586. The minimum absolute atomic E-state index is 0.181. The molecule has 66 valence electrons. The molecule has 0 heterocycles. The first kappa shape index (κ1) is 10.4. The first-order valence-corrected chi connectivity index (χ1v) is 3.56. The van der Waals surface area contributed by atoms with Gasteiger partial charge in [-0.3, -0.25) is 9.59 Å². The summed E-state index contributed by atoms with van der Waals surface area (Å²) in [7, 11) is 0. The first-order chi connectivity index (χ1) is 5.59. The Morgan fingerprint density at radius 1 is 1.25 bits per heavy atom. The summed E-state index contributed by atoms with van der Waals surface area (Å²) in [5, 5.41) is 0. The predicted octanol–water partition coefficient (Wildman–Crippen LogP) is -0.150. The molecular weight excluding hydrogens is 156 g/mol. The summed E-state index contributed by atoms with van der Waals surface area (Å²) in [6, 6.07) is 0. The molecule has 0 atom stereocenters. The maximum absolute atomic E-state index is 10.6. The van der Waals surface area contributed by atoms with E-state index in [1.165, 1.54) is 6.08 Å². The van der Waals surface area contributed by atoms with Crippen molar-refractivity contribution in [2.45, 2.75) is 13.3 Å². The normalized spacial score (nSPS) is 9.75. The topological polar surface area (TPSA) is 86.2 Å². The van der Waals surface area contributed by atoms with Gasteiger partial charge in [0.15, 0.2) is 0 Å². The number of hydrogen-bond donors (Lipinski definition) is 2. The second-order valence-electron chi connectivity index (χ2n) is 2.15.